The molecule has 1 unspecified atom stereocenters. The highest BCUT2D eigenvalue weighted by atomic mass is 15.2. The van der Waals surface area contributed by atoms with Gasteiger partial charge in [-0.1, -0.05) is 33.6 Å². The van der Waals surface area contributed by atoms with Crippen molar-refractivity contribution in [2.45, 2.75) is 58.5 Å². The van der Waals surface area contributed by atoms with Gasteiger partial charge in [0.25, 0.3) is 0 Å². The van der Waals surface area contributed by atoms with E-state index in [0.717, 1.165) is 25.6 Å². The van der Waals surface area contributed by atoms with E-state index in [-0.39, 0.29) is 6.04 Å². The SMILES string of the molecule is CCC(CC)CN(CC)CC(C#N)NC1CC1. The summed E-state index contributed by atoms with van der Waals surface area (Å²) < 4.78 is 0. The van der Waals surface area contributed by atoms with Crippen molar-refractivity contribution in [1.29, 1.82) is 5.26 Å². The second-order valence-corrected chi connectivity index (χ2v) is 5.16. The number of likely N-dealkylation sites (N-methyl/N-ethyl adjacent to an activating group) is 1. The lowest BCUT2D eigenvalue weighted by atomic mass is 10.0. The number of nitrogens with zero attached hydrogens (tertiary/aromatic N) is 2. The second-order valence-electron chi connectivity index (χ2n) is 5.16. The molecule has 17 heavy (non-hydrogen) atoms. The van der Waals surface area contributed by atoms with Crippen LogP contribution in [0.2, 0.25) is 0 Å². The summed E-state index contributed by atoms with van der Waals surface area (Å²) in [4.78, 5) is 2.42. The minimum Gasteiger partial charge on any atom is -0.301 e. The van der Waals surface area contributed by atoms with Crippen molar-refractivity contribution < 1.29 is 0 Å². The van der Waals surface area contributed by atoms with Crippen LogP contribution >= 0.6 is 0 Å². The fraction of sp³-hybridized carbons (Fsp3) is 0.929. The molecule has 0 amide bonds. The topological polar surface area (TPSA) is 39.1 Å². The molecule has 1 aliphatic rings. The molecule has 0 heterocycles. The van der Waals surface area contributed by atoms with E-state index in [2.05, 4.69) is 37.1 Å². The third kappa shape index (κ3) is 5.52. The van der Waals surface area contributed by atoms with Crippen LogP contribution in [0.5, 0.6) is 0 Å². The first-order valence-corrected chi connectivity index (χ1v) is 7.11. The maximum Gasteiger partial charge on any atom is 0.108 e. The first kappa shape index (κ1) is 14.5. The predicted octanol–water partition coefficient (Wildman–Crippen LogP) is 2.39. The van der Waals surface area contributed by atoms with Crippen LogP contribution in [-0.2, 0) is 0 Å². The molecular formula is C14H27N3. The molecule has 0 bridgehead atoms. The van der Waals surface area contributed by atoms with Crippen LogP contribution in [0.3, 0.4) is 0 Å². The molecule has 0 aromatic carbocycles. The molecule has 1 atom stereocenters. The lowest BCUT2D eigenvalue weighted by Crippen LogP contribution is -2.42. The van der Waals surface area contributed by atoms with E-state index in [0.29, 0.717) is 6.04 Å². The van der Waals surface area contributed by atoms with Crippen LogP contribution in [0.25, 0.3) is 0 Å². The Hall–Kier alpha value is -0.590. The number of nitrogens with one attached hydrogen (secondary N) is 1. The van der Waals surface area contributed by atoms with Gasteiger partial charge >= 0.3 is 0 Å². The van der Waals surface area contributed by atoms with Gasteiger partial charge < -0.3 is 4.90 Å². The molecular weight excluding hydrogens is 210 g/mol. The Bertz CT molecular complexity index is 238. The van der Waals surface area contributed by atoms with E-state index >= 15 is 0 Å². The fourth-order valence-electron chi connectivity index (χ4n) is 2.17. The largest absolute Gasteiger partial charge is 0.301 e. The summed E-state index contributed by atoms with van der Waals surface area (Å²) in [7, 11) is 0. The molecule has 0 aliphatic heterocycles. The van der Waals surface area contributed by atoms with Crippen LogP contribution in [-0.4, -0.2) is 36.6 Å². The third-order valence-corrected chi connectivity index (χ3v) is 3.73. The number of rotatable bonds is 9. The van der Waals surface area contributed by atoms with Crippen molar-refractivity contribution in [1.82, 2.24) is 10.2 Å². The van der Waals surface area contributed by atoms with Gasteiger partial charge in [-0.05, 0) is 25.3 Å². The van der Waals surface area contributed by atoms with Gasteiger partial charge in [0.15, 0.2) is 0 Å². The second kappa shape index (κ2) is 7.68. The van der Waals surface area contributed by atoms with Crippen LogP contribution in [0.4, 0.5) is 0 Å². The third-order valence-electron chi connectivity index (χ3n) is 3.73. The lowest BCUT2D eigenvalue weighted by Gasteiger charge is -2.27. The van der Waals surface area contributed by atoms with Crippen molar-refractivity contribution in [2.24, 2.45) is 5.92 Å². The maximum atomic E-state index is 9.16. The van der Waals surface area contributed by atoms with Gasteiger partial charge in [0, 0.05) is 19.1 Å². The van der Waals surface area contributed by atoms with Crippen molar-refractivity contribution >= 4 is 0 Å². The predicted molar refractivity (Wildman–Crippen MR) is 71.7 cm³/mol. The van der Waals surface area contributed by atoms with Gasteiger partial charge in [-0.2, -0.15) is 5.26 Å². The molecule has 1 aliphatic carbocycles. The van der Waals surface area contributed by atoms with Crippen molar-refractivity contribution in [3.8, 4) is 6.07 Å². The lowest BCUT2D eigenvalue weighted by molar-refractivity contribution is 0.222. The summed E-state index contributed by atoms with van der Waals surface area (Å²) in [6.45, 7) is 9.75. The summed E-state index contributed by atoms with van der Waals surface area (Å²) in [5, 5.41) is 12.6. The zero-order valence-corrected chi connectivity index (χ0v) is 11.6. The summed E-state index contributed by atoms with van der Waals surface area (Å²) in [6.07, 6.45) is 4.97. The molecule has 0 saturated heterocycles. The van der Waals surface area contributed by atoms with E-state index in [9.17, 15) is 0 Å². The highest BCUT2D eigenvalue weighted by Crippen LogP contribution is 2.19. The highest BCUT2D eigenvalue weighted by molar-refractivity contribution is 4.97. The molecule has 0 aromatic heterocycles. The van der Waals surface area contributed by atoms with Crippen LogP contribution in [0.1, 0.15) is 46.5 Å². The average molecular weight is 237 g/mol. The summed E-state index contributed by atoms with van der Waals surface area (Å²) in [5.41, 5.74) is 0. The minimum atomic E-state index is 0.0109. The number of nitriles is 1. The van der Waals surface area contributed by atoms with E-state index in [1.165, 1.54) is 25.7 Å². The van der Waals surface area contributed by atoms with E-state index in [1.54, 1.807) is 0 Å². The summed E-state index contributed by atoms with van der Waals surface area (Å²) in [5.74, 6) is 0.773. The summed E-state index contributed by atoms with van der Waals surface area (Å²) >= 11 is 0. The Morgan fingerprint density at radius 3 is 2.29 bits per heavy atom. The maximum absolute atomic E-state index is 9.16. The van der Waals surface area contributed by atoms with E-state index in [4.69, 9.17) is 5.26 Å². The molecule has 0 radical (unpaired) electrons. The Morgan fingerprint density at radius 1 is 1.24 bits per heavy atom. The molecule has 1 fully saturated rings. The molecule has 3 heteroatoms. The van der Waals surface area contributed by atoms with Crippen LogP contribution in [0, 0.1) is 17.2 Å². The van der Waals surface area contributed by atoms with Crippen LogP contribution < -0.4 is 5.32 Å². The molecule has 3 nitrogen and oxygen atoms in total. The average Bonchev–Trinajstić information content (AvgIpc) is 3.16. The minimum absolute atomic E-state index is 0.0109. The zero-order valence-electron chi connectivity index (χ0n) is 11.6. The van der Waals surface area contributed by atoms with Gasteiger partial charge in [0.2, 0.25) is 0 Å². The van der Waals surface area contributed by atoms with Gasteiger partial charge in [-0.3, -0.25) is 5.32 Å². The highest BCUT2D eigenvalue weighted by Gasteiger charge is 2.25. The first-order chi connectivity index (χ1) is 8.23. The Kier molecular flexibility index (Phi) is 6.54. The molecule has 1 N–H and O–H groups in total. The summed E-state index contributed by atoms with van der Waals surface area (Å²) in [6, 6.07) is 3.02. The molecule has 0 aromatic rings. The number of hydrogen-bond acceptors (Lipinski definition) is 3. The van der Waals surface area contributed by atoms with Gasteiger partial charge in [0.1, 0.15) is 6.04 Å². The van der Waals surface area contributed by atoms with E-state index < -0.39 is 0 Å². The Morgan fingerprint density at radius 2 is 1.88 bits per heavy atom. The van der Waals surface area contributed by atoms with Crippen molar-refractivity contribution in [2.75, 3.05) is 19.6 Å². The molecule has 98 valence electrons. The van der Waals surface area contributed by atoms with Crippen LogP contribution in [0.15, 0.2) is 0 Å². The monoisotopic (exact) mass is 237 g/mol. The standard InChI is InChI=1S/C14H27N3/c1-4-12(5-2)10-17(6-3)11-14(9-15)16-13-7-8-13/h12-14,16H,4-8,10-11H2,1-3H3. The normalized spacial score (nSPS) is 17.4. The molecule has 1 saturated carbocycles. The van der Waals surface area contributed by atoms with Gasteiger partial charge in [-0.15, -0.1) is 0 Å². The van der Waals surface area contributed by atoms with Crippen molar-refractivity contribution in [3.05, 3.63) is 0 Å². The van der Waals surface area contributed by atoms with E-state index in [1.807, 2.05) is 0 Å². The van der Waals surface area contributed by atoms with Crippen molar-refractivity contribution in [3.63, 3.8) is 0 Å². The number of hydrogen-bond donors (Lipinski definition) is 1. The van der Waals surface area contributed by atoms with Gasteiger partial charge in [0.05, 0.1) is 6.07 Å². The Balaban J connectivity index is 2.34. The first-order valence-electron chi connectivity index (χ1n) is 7.11. The molecule has 1 rings (SSSR count). The zero-order chi connectivity index (χ0) is 12.7. The smallest absolute Gasteiger partial charge is 0.108 e. The Labute approximate surface area is 106 Å². The van der Waals surface area contributed by atoms with Gasteiger partial charge in [-0.25, -0.2) is 0 Å². The quantitative estimate of drug-likeness (QED) is 0.669. The molecule has 0 spiro atoms. The fourth-order valence-corrected chi connectivity index (χ4v) is 2.17.